The van der Waals surface area contributed by atoms with Gasteiger partial charge < -0.3 is 4.74 Å². The second kappa shape index (κ2) is 4.47. The molecule has 0 fully saturated rings. The number of pyridine rings is 1. The van der Waals surface area contributed by atoms with Gasteiger partial charge in [-0.15, -0.1) is 11.6 Å². The van der Waals surface area contributed by atoms with Crippen molar-refractivity contribution in [1.82, 2.24) is 4.98 Å². The Morgan fingerprint density at radius 2 is 2.15 bits per heavy atom. The maximum Gasteiger partial charge on any atom is 0.142 e. The quantitative estimate of drug-likeness (QED) is 0.699. The van der Waals surface area contributed by atoms with E-state index in [1.165, 1.54) is 0 Å². The van der Waals surface area contributed by atoms with E-state index in [4.69, 9.17) is 16.3 Å². The number of alkyl halides is 1. The molecule has 3 heteroatoms. The smallest absolute Gasteiger partial charge is 0.142 e. The van der Waals surface area contributed by atoms with Crippen molar-refractivity contribution in [2.24, 2.45) is 0 Å². The summed E-state index contributed by atoms with van der Waals surface area (Å²) in [6.07, 6.45) is 0.159. The Bertz CT molecular complexity index is 286. The topological polar surface area (TPSA) is 22.1 Å². The Labute approximate surface area is 83.9 Å². The molecule has 1 heterocycles. The molecule has 0 aliphatic rings. The van der Waals surface area contributed by atoms with E-state index in [1.807, 2.05) is 32.9 Å². The summed E-state index contributed by atoms with van der Waals surface area (Å²) in [4.78, 5) is 4.29. The molecule has 1 rings (SSSR count). The Morgan fingerprint density at radius 1 is 1.46 bits per heavy atom. The van der Waals surface area contributed by atoms with Crippen molar-refractivity contribution in [3.63, 3.8) is 0 Å². The van der Waals surface area contributed by atoms with E-state index in [0.717, 1.165) is 17.1 Å². The third-order valence-electron chi connectivity index (χ3n) is 1.56. The summed E-state index contributed by atoms with van der Waals surface area (Å²) in [5, 5.41) is 0. The van der Waals surface area contributed by atoms with Crippen LogP contribution in [-0.2, 0) is 5.88 Å². The Kier molecular flexibility index (Phi) is 3.55. The van der Waals surface area contributed by atoms with Gasteiger partial charge in [-0.1, -0.05) is 0 Å². The highest BCUT2D eigenvalue weighted by atomic mass is 35.5. The number of nitrogens with zero attached hydrogens (tertiary/aromatic N) is 1. The van der Waals surface area contributed by atoms with Crippen LogP contribution in [0.2, 0.25) is 0 Å². The van der Waals surface area contributed by atoms with Crippen molar-refractivity contribution in [2.45, 2.75) is 32.8 Å². The van der Waals surface area contributed by atoms with Crippen LogP contribution in [0.4, 0.5) is 0 Å². The second-order valence-corrected chi connectivity index (χ2v) is 3.46. The molecule has 0 aliphatic carbocycles. The van der Waals surface area contributed by atoms with Crippen molar-refractivity contribution in [3.8, 4) is 5.75 Å². The number of rotatable bonds is 3. The van der Waals surface area contributed by atoms with Crippen LogP contribution in [0.5, 0.6) is 5.75 Å². The number of ether oxygens (including phenoxy) is 1. The fourth-order valence-electron chi connectivity index (χ4n) is 1.05. The van der Waals surface area contributed by atoms with Crippen molar-refractivity contribution in [2.75, 3.05) is 0 Å². The zero-order chi connectivity index (χ0) is 9.84. The van der Waals surface area contributed by atoms with Crippen LogP contribution in [0.3, 0.4) is 0 Å². The lowest BCUT2D eigenvalue weighted by Crippen LogP contribution is -2.08. The maximum absolute atomic E-state index is 5.74. The third kappa shape index (κ3) is 2.88. The molecule has 0 N–H and O–H groups in total. The number of hydrogen-bond donors (Lipinski definition) is 0. The van der Waals surface area contributed by atoms with E-state index in [2.05, 4.69) is 4.98 Å². The van der Waals surface area contributed by atoms with Crippen LogP contribution in [0, 0.1) is 6.92 Å². The molecule has 1 aromatic rings. The van der Waals surface area contributed by atoms with Gasteiger partial charge in [-0.2, -0.15) is 0 Å². The van der Waals surface area contributed by atoms with Gasteiger partial charge in [-0.25, -0.2) is 0 Å². The standard InChI is InChI=1S/C10H14ClNO/c1-7(2)13-10-5-4-8(3)12-9(10)6-11/h4-5,7H,6H2,1-3H3. The molecule has 0 bridgehead atoms. The molecule has 0 unspecified atom stereocenters. The molecule has 0 saturated carbocycles. The molecule has 13 heavy (non-hydrogen) atoms. The monoisotopic (exact) mass is 199 g/mol. The molecule has 0 aliphatic heterocycles. The first kappa shape index (κ1) is 10.3. The Balaban J connectivity index is 2.92. The SMILES string of the molecule is Cc1ccc(OC(C)C)c(CCl)n1. The lowest BCUT2D eigenvalue weighted by molar-refractivity contribution is 0.239. The van der Waals surface area contributed by atoms with Gasteiger partial charge in [0.2, 0.25) is 0 Å². The number of halogens is 1. The summed E-state index contributed by atoms with van der Waals surface area (Å²) in [6.45, 7) is 5.91. The van der Waals surface area contributed by atoms with Crippen LogP contribution in [0.1, 0.15) is 25.2 Å². The Hall–Kier alpha value is -0.760. The first-order valence-electron chi connectivity index (χ1n) is 4.32. The molecule has 72 valence electrons. The molecular formula is C10H14ClNO. The summed E-state index contributed by atoms with van der Waals surface area (Å²) in [6, 6.07) is 3.84. The largest absolute Gasteiger partial charge is 0.489 e. The first-order chi connectivity index (χ1) is 6.13. The Morgan fingerprint density at radius 3 is 2.69 bits per heavy atom. The number of aryl methyl sites for hydroxylation is 1. The highest BCUT2D eigenvalue weighted by Crippen LogP contribution is 2.19. The lowest BCUT2D eigenvalue weighted by Gasteiger charge is -2.12. The van der Waals surface area contributed by atoms with Gasteiger partial charge in [0.05, 0.1) is 17.7 Å². The van der Waals surface area contributed by atoms with Gasteiger partial charge in [0.1, 0.15) is 5.75 Å². The van der Waals surface area contributed by atoms with Gasteiger partial charge in [0.25, 0.3) is 0 Å². The van der Waals surface area contributed by atoms with Gasteiger partial charge in [0.15, 0.2) is 0 Å². The molecule has 2 nitrogen and oxygen atoms in total. The molecule has 0 spiro atoms. The van der Waals surface area contributed by atoms with Gasteiger partial charge in [-0.05, 0) is 32.9 Å². The van der Waals surface area contributed by atoms with E-state index in [9.17, 15) is 0 Å². The highest BCUT2D eigenvalue weighted by molar-refractivity contribution is 6.17. The molecule has 1 aromatic heterocycles. The zero-order valence-electron chi connectivity index (χ0n) is 8.17. The number of aromatic nitrogens is 1. The fourth-order valence-corrected chi connectivity index (χ4v) is 1.25. The average molecular weight is 200 g/mol. The maximum atomic E-state index is 5.74. The van der Waals surface area contributed by atoms with E-state index >= 15 is 0 Å². The first-order valence-corrected chi connectivity index (χ1v) is 4.86. The van der Waals surface area contributed by atoms with Gasteiger partial charge >= 0.3 is 0 Å². The predicted molar refractivity (Wildman–Crippen MR) is 54.3 cm³/mol. The molecular weight excluding hydrogens is 186 g/mol. The lowest BCUT2D eigenvalue weighted by atomic mass is 10.3. The molecule has 0 aromatic carbocycles. The van der Waals surface area contributed by atoms with Gasteiger partial charge in [0, 0.05) is 5.69 Å². The number of hydrogen-bond acceptors (Lipinski definition) is 2. The van der Waals surface area contributed by atoms with Gasteiger partial charge in [-0.3, -0.25) is 4.98 Å². The highest BCUT2D eigenvalue weighted by Gasteiger charge is 2.05. The van der Waals surface area contributed by atoms with Crippen molar-refractivity contribution in [1.29, 1.82) is 0 Å². The van der Waals surface area contributed by atoms with Crippen LogP contribution in [0.25, 0.3) is 0 Å². The minimum Gasteiger partial charge on any atom is -0.489 e. The minimum atomic E-state index is 0.159. The minimum absolute atomic E-state index is 0.159. The summed E-state index contributed by atoms with van der Waals surface area (Å²) in [5.74, 6) is 1.18. The predicted octanol–water partition coefficient (Wildman–Crippen LogP) is 2.92. The fraction of sp³-hybridized carbons (Fsp3) is 0.500. The van der Waals surface area contributed by atoms with Crippen molar-refractivity contribution >= 4 is 11.6 Å². The molecule has 0 saturated heterocycles. The third-order valence-corrected chi connectivity index (χ3v) is 1.81. The van der Waals surface area contributed by atoms with E-state index in [-0.39, 0.29) is 6.10 Å². The van der Waals surface area contributed by atoms with Crippen molar-refractivity contribution < 1.29 is 4.74 Å². The van der Waals surface area contributed by atoms with Crippen molar-refractivity contribution in [3.05, 3.63) is 23.5 Å². The molecule has 0 atom stereocenters. The van der Waals surface area contributed by atoms with E-state index < -0.39 is 0 Å². The van der Waals surface area contributed by atoms with Crippen LogP contribution in [0.15, 0.2) is 12.1 Å². The van der Waals surface area contributed by atoms with Crippen LogP contribution in [-0.4, -0.2) is 11.1 Å². The second-order valence-electron chi connectivity index (χ2n) is 3.20. The van der Waals surface area contributed by atoms with E-state index in [0.29, 0.717) is 5.88 Å². The van der Waals surface area contributed by atoms with Crippen LogP contribution >= 0.6 is 11.6 Å². The summed E-state index contributed by atoms with van der Waals surface area (Å²) in [7, 11) is 0. The average Bonchev–Trinajstić information content (AvgIpc) is 2.07. The zero-order valence-corrected chi connectivity index (χ0v) is 8.93. The van der Waals surface area contributed by atoms with E-state index in [1.54, 1.807) is 0 Å². The summed E-state index contributed by atoms with van der Waals surface area (Å²) >= 11 is 5.74. The molecule has 0 radical (unpaired) electrons. The summed E-state index contributed by atoms with van der Waals surface area (Å²) in [5.41, 5.74) is 1.78. The normalized spacial score (nSPS) is 10.5. The summed E-state index contributed by atoms with van der Waals surface area (Å²) < 4.78 is 5.54. The molecule has 0 amide bonds. The van der Waals surface area contributed by atoms with Crippen LogP contribution < -0.4 is 4.74 Å².